The first-order valence-corrected chi connectivity index (χ1v) is 18.9. The van der Waals surface area contributed by atoms with Crippen molar-refractivity contribution in [1.29, 1.82) is 0 Å². The summed E-state index contributed by atoms with van der Waals surface area (Å²) in [5.74, 6) is -1.08. The molecule has 0 amide bonds. The maximum atomic E-state index is 15.2. The fraction of sp³-hybridized carbons (Fsp3) is 0.348. The van der Waals surface area contributed by atoms with Gasteiger partial charge < -0.3 is 19.4 Å². The summed E-state index contributed by atoms with van der Waals surface area (Å²) in [4.78, 5) is 31.3. The van der Waals surface area contributed by atoms with Crippen LogP contribution in [0.1, 0.15) is 114 Å². The quantitative estimate of drug-likeness (QED) is 0.189. The maximum absolute atomic E-state index is 15.2. The van der Waals surface area contributed by atoms with Crippen molar-refractivity contribution in [2.75, 3.05) is 13.2 Å². The van der Waals surface area contributed by atoms with Crippen LogP contribution in [0.5, 0.6) is 0 Å². The molecule has 10 rings (SSSR count). The standard InChI is InChI=1S/2C23H22FNO2/c2*1-23(9-2-3-10-23)17-8-7-14(11-18(17)24)22-16-12-27-13-20(26)15-5-4-6-19(25-22)21(15)16/h2*4-8,11,25H,2-3,9-10,12-13H2,1H3/i2*12D2. The lowest BCUT2D eigenvalue weighted by Crippen LogP contribution is -2.18. The molecule has 4 aromatic carbocycles. The normalized spacial score (nSPS) is 21.8. The van der Waals surface area contributed by atoms with E-state index >= 15 is 8.78 Å². The highest BCUT2D eigenvalue weighted by Gasteiger charge is 2.35. The monoisotopic (exact) mass is 730 g/mol. The number of Topliss-reactive ketones (excluding diaryl/α,β-unsaturated/α-hetero) is 2. The third-order valence-electron chi connectivity index (χ3n) is 12.2. The van der Waals surface area contributed by atoms with E-state index in [4.69, 9.17) is 15.0 Å². The highest BCUT2D eigenvalue weighted by atomic mass is 19.1. The third kappa shape index (κ3) is 5.82. The molecule has 4 aliphatic rings. The highest BCUT2D eigenvalue weighted by Crippen LogP contribution is 2.45. The third-order valence-corrected chi connectivity index (χ3v) is 12.2. The van der Waals surface area contributed by atoms with Gasteiger partial charge in [0.05, 0.1) is 30.0 Å². The van der Waals surface area contributed by atoms with E-state index in [1.165, 1.54) is 12.1 Å². The number of benzene rings is 4. The van der Waals surface area contributed by atoms with E-state index in [1.54, 1.807) is 36.4 Å². The van der Waals surface area contributed by atoms with Crippen molar-refractivity contribution in [2.24, 2.45) is 0 Å². The Morgan fingerprint density at radius 3 is 1.41 bits per heavy atom. The number of hydrogen-bond acceptors (Lipinski definition) is 4. The summed E-state index contributed by atoms with van der Waals surface area (Å²) in [5.41, 5.74) is 5.80. The summed E-state index contributed by atoms with van der Waals surface area (Å²) in [5, 5.41) is 1.03. The smallest absolute Gasteiger partial charge is 0.189 e. The number of aromatic amines is 2. The zero-order valence-electron chi connectivity index (χ0n) is 34.4. The van der Waals surface area contributed by atoms with E-state index in [2.05, 4.69) is 23.8 Å². The van der Waals surface area contributed by atoms with Gasteiger partial charge in [-0.2, -0.15) is 0 Å². The minimum atomic E-state index is -2.16. The van der Waals surface area contributed by atoms with Crippen molar-refractivity contribution in [3.8, 4) is 22.5 Å². The van der Waals surface area contributed by atoms with Gasteiger partial charge in [-0.05, 0) is 71.9 Å². The molecule has 2 aliphatic heterocycles. The molecule has 0 unspecified atom stereocenters. The van der Waals surface area contributed by atoms with Crippen LogP contribution in [0, 0.1) is 11.6 Å². The van der Waals surface area contributed by atoms with Crippen LogP contribution in [0.2, 0.25) is 0 Å². The first kappa shape index (κ1) is 30.4. The molecule has 4 heterocycles. The van der Waals surface area contributed by atoms with Crippen LogP contribution < -0.4 is 0 Å². The minimum absolute atomic E-state index is 0.147. The summed E-state index contributed by atoms with van der Waals surface area (Å²) in [6.07, 6.45) is 8.34. The number of halogens is 2. The number of carbonyl (C=O) groups is 2. The molecule has 2 saturated carbocycles. The molecular weight excluding hydrogens is 683 g/mol. The molecule has 2 aromatic heterocycles. The van der Waals surface area contributed by atoms with Gasteiger partial charge in [0.15, 0.2) is 11.6 Å². The van der Waals surface area contributed by atoms with Crippen LogP contribution >= 0.6 is 0 Å². The van der Waals surface area contributed by atoms with Crippen LogP contribution in [-0.2, 0) is 33.4 Å². The van der Waals surface area contributed by atoms with E-state index in [9.17, 15) is 9.59 Å². The molecule has 6 aromatic rings. The van der Waals surface area contributed by atoms with Crippen LogP contribution in [0.3, 0.4) is 0 Å². The Morgan fingerprint density at radius 1 is 0.611 bits per heavy atom. The number of hydrogen-bond donors (Lipinski definition) is 2. The van der Waals surface area contributed by atoms with Gasteiger partial charge in [-0.3, -0.25) is 9.59 Å². The predicted molar refractivity (Wildman–Crippen MR) is 207 cm³/mol. The first-order chi connectivity index (χ1) is 27.6. The van der Waals surface area contributed by atoms with E-state index in [0.717, 1.165) is 62.5 Å². The number of ether oxygens (including phenoxy) is 2. The number of H-pyrrole nitrogens is 2. The minimum Gasteiger partial charge on any atom is -0.369 e. The van der Waals surface area contributed by atoms with Gasteiger partial charge in [0, 0.05) is 55.2 Å². The second-order valence-corrected chi connectivity index (χ2v) is 15.8. The van der Waals surface area contributed by atoms with Crippen molar-refractivity contribution < 1.29 is 33.3 Å². The van der Waals surface area contributed by atoms with E-state index in [1.807, 2.05) is 24.3 Å². The Labute approximate surface area is 318 Å². The summed E-state index contributed by atoms with van der Waals surface area (Å²) >= 11 is 0. The Bertz CT molecular complexity index is 2470. The molecule has 54 heavy (non-hydrogen) atoms. The number of aromatic nitrogens is 2. The molecular formula is C46H44F2N2O4. The topological polar surface area (TPSA) is 84.2 Å². The lowest BCUT2D eigenvalue weighted by molar-refractivity contribution is 0.0738. The van der Waals surface area contributed by atoms with Crippen molar-refractivity contribution >= 4 is 33.4 Å². The molecule has 6 nitrogen and oxygen atoms in total. The number of carbonyl (C=O) groups excluding carboxylic acids is 2. The Morgan fingerprint density at radius 2 is 1.02 bits per heavy atom. The molecule has 2 fully saturated rings. The maximum Gasteiger partial charge on any atom is 0.189 e. The molecule has 0 radical (unpaired) electrons. The lowest BCUT2D eigenvalue weighted by Gasteiger charge is -2.25. The van der Waals surface area contributed by atoms with Crippen LogP contribution in [0.25, 0.3) is 44.3 Å². The fourth-order valence-electron chi connectivity index (χ4n) is 9.27. The average molecular weight is 731 g/mol. The van der Waals surface area contributed by atoms with Crippen molar-refractivity contribution in [1.82, 2.24) is 9.97 Å². The van der Waals surface area contributed by atoms with Crippen molar-refractivity contribution in [3.63, 3.8) is 0 Å². The van der Waals surface area contributed by atoms with Crippen molar-refractivity contribution in [2.45, 2.75) is 89.2 Å². The van der Waals surface area contributed by atoms with Gasteiger partial charge in [0.2, 0.25) is 0 Å². The largest absolute Gasteiger partial charge is 0.369 e. The average Bonchev–Trinajstić information content (AvgIpc) is 3.99. The van der Waals surface area contributed by atoms with Crippen LogP contribution in [0.4, 0.5) is 8.78 Å². The van der Waals surface area contributed by atoms with Crippen LogP contribution in [0.15, 0.2) is 72.8 Å². The molecule has 0 spiro atoms. The van der Waals surface area contributed by atoms with Crippen molar-refractivity contribution in [3.05, 3.63) is 118 Å². The van der Waals surface area contributed by atoms with Gasteiger partial charge in [0.1, 0.15) is 24.8 Å². The molecule has 0 saturated heterocycles. The molecule has 2 aliphatic carbocycles. The summed E-state index contributed by atoms with van der Waals surface area (Å²) in [6.45, 7) is -0.763. The summed E-state index contributed by atoms with van der Waals surface area (Å²) in [6, 6.07) is 20.7. The Kier molecular flexibility index (Phi) is 7.56. The second kappa shape index (κ2) is 13.4. The predicted octanol–water partition coefficient (Wildman–Crippen LogP) is 11.0. The van der Waals surface area contributed by atoms with Gasteiger partial charge in [-0.15, -0.1) is 0 Å². The second-order valence-electron chi connectivity index (χ2n) is 15.8. The number of nitrogens with one attached hydrogen (secondary N) is 2. The first-order valence-electron chi connectivity index (χ1n) is 20.9. The number of rotatable bonds is 4. The van der Waals surface area contributed by atoms with E-state index in [0.29, 0.717) is 55.4 Å². The van der Waals surface area contributed by atoms with E-state index < -0.39 is 13.1 Å². The fourth-order valence-corrected chi connectivity index (χ4v) is 9.27. The summed E-state index contributed by atoms with van der Waals surface area (Å²) in [7, 11) is 0. The van der Waals surface area contributed by atoms with Gasteiger partial charge in [-0.1, -0.05) is 88.1 Å². The van der Waals surface area contributed by atoms with Gasteiger partial charge in [-0.25, -0.2) is 8.78 Å². The Balaban J connectivity index is 0.000000150. The zero-order chi connectivity index (χ0) is 40.8. The molecule has 276 valence electrons. The molecule has 0 atom stereocenters. The summed E-state index contributed by atoms with van der Waals surface area (Å²) < 4.78 is 74.6. The molecule has 8 heteroatoms. The lowest BCUT2D eigenvalue weighted by atomic mass is 9.80. The molecule has 2 N–H and O–H groups in total. The van der Waals surface area contributed by atoms with Gasteiger partial charge >= 0.3 is 0 Å². The number of ketones is 2. The highest BCUT2D eigenvalue weighted by molar-refractivity contribution is 6.12. The van der Waals surface area contributed by atoms with Crippen LogP contribution in [-0.4, -0.2) is 34.7 Å². The molecule has 0 bridgehead atoms. The van der Waals surface area contributed by atoms with Gasteiger partial charge in [0.25, 0.3) is 0 Å². The Hall–Kier alpha value is -4.92. The van der Waals surface area contributed by atoms with E-state index in [-0.39, 0.29) is 58.4 Å². The SMILES string of the molecule is [2H]C1([2H])OCC(=O)c2cccc3[nH]c(-c4ccc(C5(C)CCCC5)c(F)c4)c1c23.[2H]C1([2H])OCC(=O)c2cccc3[nH]c(-c4ccc(C5(C)CCCC5)c(F)c4)c1c23. The zero-order valence-corrected chi connectivity index (χ0v) is 30.4.